The second-order valence-electron chi connectivity index (χ2n) is 4.79. The van der Waals surface area contributed by atoms with Crippen LogP contribution in [0.4, 0.5) is 0 Å². The first kappa shape index (κ1) is 21.3. The summed E-state index contributed by atoms with van der Waals surface area (Å²) in [5, 5.41) is 0. The Morgan fingerprint density at radius 1 is 1.35 bits per heavy atom. The normalized spacial score (nSPS) is 11.6. The lowest BCUT2D eigenvalue weighted by molar-refractivity contribution is -0.129. The second kappa shape index (κ2) is 9.03. The van der Waals surface area contributed by atoms with Gasteiger partial charge in [-0.1, -0.05) is 6.58 Å². The van der Waals surface area contributed by atoms with E-state index in [2.05, 4.69) is 16.2 Å². The van der Waals surface area contributed by atoms with E-state index in [9.17, 15) is 13.2 Å². The Bertz CT molecular complexity index is 419. The van der Waals surface area contributed by atoms with Gasteiger partial charge in [0.1, 0.15) is 0 Å². The largest absolute Gasteiger partial charge is 0.397 e. The Balaban J connectivity index is 0. The van der Waals surface area contributed by atoms with E-state index < -0.39 is 16.0 Å². The highest BCUT2D eigenvalue weighted by Crippen LogP contribution is 2.19. The molecule has 0 aromatic heterocycles. The van der Waals surface area contributed by atoms with Gasteiger partial charge in [-0.2, -0.15) is 8.42 Å². The summed E-state index contributed by atoms with van der Waals surface area (Å²) in [6.07, 6.45) is 1.64. The predicted octanol–water partition coefficient (Wildman–Crippen LogP) is 1.54. The van der Waals surface area contributed by atoms with Crippen molar-refractivity contribution in [2.45, 2.75) is 45.6 Å². The molecule has 0 saturated heterocycles. The van der Waals surface area contributed by atoms with Crippen LogP contribution in [0.3, 0.4) is 0 Å². The molecule has 0 bridgehead atoms. The van der Waals surface area contributed by atoms with Crippen molar-refractivity contribution < 1.29 is 26.8 Å². The molecule has 0 spiro atoms. The van der Waals surface area contributed by atoms with E-state index in [0.717, 1.165) is 0 Å². The minimum absolute atomic E-state index is 0. The molecule has 0 aliphatic heterocycles. The van der Waals surface area contributed by atoms with Crippen LogP contribution in [-0.2, 0) is 24.2 Å². The molecule has 120 valence electrons. The van der Waals surface area contributed by atoms with E-state index in [1.807, 2.05) is 0 Å². The van der Waals surface area contributed by atoms with Crippen molar-refractivity contribution >= 4 is 16.3 Å². The fourth-order valence-electron chi connectivity index (χ4n) is 1.26. The molecule has 0 atom stereocenters. The minimum atomic E-state index is -4.45. The van der Waals surface area contributed by atoms with Crippen molar-refractivity contribution in [2.24, 2.45) is 0 Å². The van der Waals surface area contributed by atoms with Crippen molar-refractivity contribution in [1.29, 1.82) is 0 Å². The standard InChI is InChI=1S/C11H21NO6S.H3N/c1-9(2)10(13)12-17-8-6-5-7-11(3,4)18-19(14,15)16;/h1,5-8H2,2-4H3,(H,12,13)(H,14,15,16);1H3. The molecule has 5 N–H and O–H groups in total. The third-order valence-corrected chi connectivity index (χ3v) is 2.82. The van der Waals surface area contributed by atoms with Gasteiger partial charge in [-0.05, 0) is 40.0 Å². The zero-order valence-corrected chi connectivity index (χ0v) is 13.0. The number of hydroxylamine groups is 1. The van der Waals surface area contributed by atoms with Crippen molar-refractivity contribution in [1.82, 2.24) is 11.6 Å². The number of hydrogen-bond donors (Lipinski definition) is 3. The highest BCUT2D eigenvalue weighted by Gasteiger charge is 2.24. The van der Waals surface area contributed by atoms with Gasteiger partial charge in [-0.25, -0.2) is 9.66 Å². The molecule has 20 heavy (non-hydrogen) atoms. The van der Waals surface area contributed by atoms with Gasteiger partial charge in [0.2, 0.25) is 0 Å². The fraction of sp³-hybridized carbons (Fsp3) is 0.727. The van der Waals surface area contributed by atoms with Crippen LogP contribution in [0, 0.1) is 0 Å². The number of unbranched alkanes of at least 4 members (excludes halogenated alkanes) is 1. The number of hydrogen-bond acceptors (Lipinski definition) is 6. The van der Waals surface area contributed by atoms with Crippen molar-refractivity contribution in [3.63, 3.8) is 0 Å². The average Bonchev–Trinajstić information content (AvgIpc) is 2.18. The number of carbonyl (C=O) groups is 1. The lowest BCUT2D eigenvalue weighted by Crippen LogP contribution is -2.28. The van der Waals surface area contributed by atoms with E-state index in [1.54, 1.807) is 20.8 Å². The fourth-order valence-corrected chi connectivity index (χ4v) is 1.91. The molecule has 0 unspecified atom stereocenters. The Labute approximate surface area is 120 Å². The van der Waals surface area contributed by atoms with Crippen LogP contribution in [0.2, 0.25) is 0 Å². The molecule has 0 fully saturated rings. The Hall–Kier alpha value is -1.00. The van der Waals surface area contributed by atoms with E-state index in [-0.39, 0.29) is 12.1 Å². The molecule has 0 heterocycles. The van der Waals surface area contributed by atoms with Gasteiger partial charge in [-0.3, -0.25) is 14.2 Å². The number of rotatable bonds is 9. The summed E-state index contributed by atoms with van der Waals surface area (Å²) in [5.41, 5.74) is 1.58. The van der Waals surface area contributed by atoms with Gasteiger partial charge < -0.3 is 6.15 Å². The molecule has 0 aliphatic rings. The van der Waals surface area contributed by atoms with Gasteiger partial charge in [0.25, 0.3) is 5.91 Å². The first-order valence-electron chi connectivity index (χ1n) is 5.79. The third kappa shape index (κ3) is 12.1. The molecular formula is C11H24N2O6S. The third-order valence-electron chi connectivity index (χ3n) is 2.16. The van der Waals surface area contributed by atoms with Crippen LogP contribution in [-0.4, -0.2) is 31.1 Å². The van der Waals surface area contributed by atoms with Crippen LogP contribution in [0.1, 0.15) is 40.0 Å². The molecular weight excluding hydrogens is 288 g/mol. The zero-order chi connectivity index (χ0) is 15.1. The van der Waals surface area contributed by atoms with Crippen LogP contribution >= 0.6 is 0 Å². The predicted molar refractivity (Wildman–Crippen MR) is 74.5 cm³/mol. The van der Waals surface area contributed by atoms with Gasteiger partial charge in [0.15, 0.2) is 0 Å². The molecule has 9 heteroatoms. The number of carbonyl (C=O) groups excluding carboxylic acids is 1. The summed E-state index contributed by atoms with van der Waals surface area (Å²) in [6.45, 7) is 8.42. The van der Waals surface area contributed by atoms with Crippen molar-refractivity contribution in [3.05, 3.63) is 12.2 Å². The Morgan fingerprint density at radius 2 is 1.90 bits per heavy atom. The molecule has 8 nitrogen and oxygen atoms in total. The average molecular weight is 312 g/mol. The van der Waals surface area contributed by atoms with Crippen molar-refractivity contribution in [3.8, 4) is 0 Å². The SMILES string of the molecule is C=C(C)C(=O)NOCCCCC(C)(C)OS(=O)(=O)O.N. The maximum Gasteiger partial charge on any atom is 0.397 e. The van der Waals surface area contributed by atoms with E-state index in [4.69, 9.17) is 9.39 Å². The molecule has 0 aromatic rings. The lowest BCUT2D eigenvalue weighted by atomic mass is 10.0. The molecule has 0 rings (SSSR count). The van der Waals surface area contributed by atoms with Gasteiger partial charge >= 0.3 is 10.4 Å². The van der Waals surface area contributed by atoms with E-state index in [1.165, 1.54) is 0 Å². The summed E-state index contributed by atoms with van der Waals surface area (Å²) in [6, 6.07) is 0. The maximum atomic E-state index is 11.0. The summed E-state index contributed by atoms with van der Waals surface area (Å²) in [7, 11) is -4.45. The smallest absolute Gasteiger partial charge is 0.344 e. The Morgan fingerprint density at radius 3 is 2.35 bits per heavy atom. The summed E-state index contributed by atoms with van der Waals surface area (Å²) in [4.78, 5) is 15.9. The first-order valence-corrected chi connectivity index (χ1v) is 7.16. The van der Waals surface area contributed by atoms with Crippen LogP contribution in [0.5, 0.6) is 0 Å². The first-order chi connectivity index (χ1) is 8.53. The highest BCUT2D eigenvalue weighted by atomic mass is 32.3. The van der Waals surface area contributed by atoms with Crippen LogP contribution in [0.15, 0.2) is 12.2 Å². The number of amides is 1. The molecule has 0 saturated carbocycles. The van der Waals surface area contributed by atoms with Gasteiger partial charge in [0.05, 0.1) is 12.2 Å². The summed E-state index contributed by atoms with van der Waals surface area (Å²) < 4.78 is 34.2. The number of nitrogens with one attached hydrogen (secondary N) is 1. The second-order valence-corrected chi connectivity index (χ2v) is 5.81. The quantitative estimate of drug-likeness (QED) is 0.254. The topological polar surface area (TPSA) is 137 Å². The van der Waals surface area contributed by atoms with E-state index in [0.29, 0.717) is 31.4 Å². The van der Waals surface area contributed by atoms with Crippen LogP contribution < -0.4 is 11.6 Å². The van der Waals surface area contributed by atoms with Crippen LogP contribution in [0.25, 0.3) is 0 Å². The molecule has 0 aromatic carbocycles. The minimum Gasteiger partial charge on any atom is -0.344 e. The molecule has 1 amide bonds. The highest BCUT2D eigenvalue weighted by molar-refractivity contribution is 7.80. The lowest BCUT2D eigenvalue weighted by Gasteiger charge is -2.22. The van der Waals surface area contributed by atoms with Gasteiger partial charge in [-0.15, -0.1) is 0 Å². The summed E-state index contributed by atoms with van der Waals surface area (Å²) >= 11 is 0. The zero-order valence-electron chi connectivity index (χ0n) is 12.1. The van der Waals surface area contributed by atoms with Crippen molar-refractivity contribution in [2.75, 3.05) is 6.61 Å². The summed E-state index contributed by atoms with van der Waals surface area (Å²) in [5.74, 6) is -0.380. The molecule has 0 radical (unpaired) electrons. The van der Waals surface area contributed by atoms with Gasteiger partial charge in [0, 0.05) is 5.57 Å². The monoisotopic (exact) mass is 312 g/mol. The maximum absolute atomic E-state index is 11.0. The Kier molecular flexibility index (Phi) is 9.62. The van der Waals surface area contributed by atoms with E-state index >= 15 is 0 Å². The molecule has 0 aliphatic carbocycles.